The van der Waals surface area contributed by atoms with Gasteiger partial charge in [0.1, 0.15) is 4.32 Å². The van der Waals surface area contributed by atoms with Crippen LogP contribution in [-0.2, 0) is 15.8 Å². The molecule has 0 radical (unpaired) electrons. The van der Waals surface area contributed by atoms with Crippen molar-refractivity contribution < 1.29 is 22.8 Å². The lowest BCUT2D eigenvalue weighted by atomic mass is 10.2. The largest absolute Gasteiger partial charge is 0.417 e. The quantitative estimate of drug-likeness (QED) is 0.734. The Balaban J connectivity index is 1.97. The van der Waals surface area contributed by atoms with Crippen molar-refractivity contribution in [3.05, 3.63) is 28.8 Å². The maximum absolute atomic E-state index is 12.8. The number of carbonyl (C=O) groups excluding carboxylic acids is 2. The number of benzene rings is 1. The van der Waals surface area contributed by atoms with Gasteiger partial charge in [0, 0.05) is 18.7 Å². The molecule has 0 aromatic heterocycles. The van der Waals surface area contributed by atoms with Crippen molar-refractivity contribution in [1.29, 1.82) is 0 Å². The van der Waals surface area contributed by atoms with Crippen LogP contribution in [0.3, 0.4) is 0 Å². The van der Waals surface area contributed by atoms with E-state index in [0.717, 1.165) is 12.1 Å². The van der Waals surface area contributed by atoms with Crippen molar-refractivity contribution in [2.45, 2.75) is 31.2 Å². The molecule has 1 aromatic rings. The van der Waals surface area contributed by atoms with Gasteiger partial charge in [0.25, 0.3) is 0 Å². The number of halogens is 4. The summed E-state index contributed by atoms with van der Waals surface area (Å²) in [6.07, 6.45) is -4.05. The van der Waals surface area contributed by atoms with Gasteiger partial charge in [0.05, 0.1) is 15.8 Å². The summed E-state index contributed by atoms with van der Waals surface area (Å²) in [5.41, 5.74) is -1.04. The molecule has 0 bridgehead atoms. The third kappa shape index (κ3) is 4.86. The number of anilines is 1. The molecule has 2 amide bonds. The molecule has 25 heavy (non-hydrogen) atoms. The first-order chi connectivity index (χ1) is 11.6. The highest BCUT2D eigenvalue weighted by molar-refractivity contribution is 8.24. The first-order valence-corrected chi connectivity index (χ1v) is 8.98. The monoisotopic (exact) mass is 410 g/mol. The maximum atomic E-state index is 12.8. The highest BCUT2D eigenvalue weighted by atomic mass is 35.5. The fourth-order valence-corrected chi connectivity index (χ4v) is 3.92. The van der Waals surface area contributed by atoms with E-state index < -0.39 is 22.7 Å². The van der Waals surface area contributed by atoms with Crippen LogP contribution in [0.4, 0.5) is 18.9 Å². The summed E-state index contributed by atoms with van der Waals surface area (Å²) in [7, 11) is 0. The molecule has 1 unspecified atom stereocenters. The van der Waals surface area contributed by atoms with E-state index in [1.807, 2.05) is 6.92 Å². The van der Waals surface area contributed by atoms with Gasteiger partial charge in [-0.05, 0) is 24.6 Å². The summed E-state index contributed by atoms with van der Waals surface area (Å²) in [6, 6.07) is 3.13. The van der Waals surface area contributed by atoms with Gasteiger partial charge in [-0.15, -0.1) is 0 Å². The zero-order valence-corrected chi connectivity index (χ0v) is 15.4. The lowest BCUT2D eigenvalue weighted by molar-refractivity contribution is -0.137. The minimum Gasteiger partial charge on any atom is -0.326 e. The second-order valence-electron chi connectivity index (χ2n) is 5.26. The van der Waals surface area contributed by atoms with Crippen molar-refractivity contribution >= 4 is 57.4 Å². The molecule has 1 aliphatic rings. The van der Waals surface area contributed by atoms with Crippen LogP contribution in [0.15, 0.2) is 18.2 Å². The number of thiocarbonyl (C=S) groups is 1. The molecule has 1 aromatic carbocycles. The van der Waals surface area contributed by atoms with Gasteiger partial charge < -0.3 is 5.32 Å². The van der Waals surface area contributed by atoms with Gasteiger partial charge in [-0.1, -0.05) is 42.5 Å². The molecule has 0 saturated carbocycles. The SMILES string of the molecule is CCC1SC(=S)N(CCC(=O)Nc2ccc(Cl)c(C(F)(F)F)c2)C1=O. The Morgan fingerprint density at radius 1 is 1.44 bits per heavy atom. The Kier molecular flexibility index (Phi) is 6.34. The maximum Gasteiger partial charge on any atom is 0.417 e. The van der Waals surface area contributed by atoms with E-state index in [-0.39, 0.29) is 29.8 Å². The topological polar surface area (TPSA) is 49.4 Å². The summed E-state index contributed by atoms with van der Waals surface area (Å²) in [4.78, 5) is 25.4. The molecule has 136 valence electrons. The van der Waals surface area contributed by atoms with E-state index in [1.165, 1.54) is 22.7 Å². The molecular weight excluding hydrogens is 397 g/mol. The Hall–Kier alpha value is -1.32. The Morgan fingerprint density at radius 2 is 2.12 bits per heavy atom. The number of hydrogen-bond donors (Lipinski definition) is 1. The molecule has 2 rings (SSSR count). The number of carbonyl (C=O) groups is 2. The molecular formula is C15H14ClF3N2O2S2. The lowest BCUT2D eigenvalue weighted by Gasteiger charge is -2.15. The predicted octanol–water partition coefficient (Wildman–Crippen LogP) is 4.33. The van der Waals surface area contributed by atoms with E-state index in [2.05, 4.69) is 5.32 Å². The first kappa shape index (κ1) is 20.0. The number of nitrogens with zero attached hydrogens (tertiary/aromatic N) is 1. The Bertz CT molecular complexity index is 713. The van der Waals surface area contributed by atoms with Crippen LogP contribution in [0.5, 0.6) is 0 Å². The summed E-state index contributed by atoms with van der Waals surface area (Å²) in [5.74, 6) is -0.660. The van der Waals surface area contributed by atoms with Crippen molar-refractivity contribution in [3.8, 4) is 0 Å². The molecule has 10 heteroatoms. The van der Waals surface area contributed by atoms with E-state index in [9.17, 15) is 22.8 Å². The van der Waals surface area contributed by atoms with Crippen molar-refractivity contribution in [3.63, 3.8) is 0 Å². The van der Waals surface area contributed by atoms with Crippen LogP contribution in [0.25, 0.3) is 0 Å². The van der Waals surface area contributed by atoms with Crippen LogP contribution in [0.1, 0.15) is 25.3 Å². The molecule has 1 fully saturated rings. The zero-order chi connectivity index (χ0) is 18.8. The van der Waals surface area contributed by atoms with E-state index in [4.69, 9.17) is 23.8 Å². The van der Waals surface area contributed by atoms with Gasteiger partial charge >= 0.3 is 6.18 Å². The predicted molar refractivity (Wildman–Crippen MR) is 95.7 cm³/mol. The van der Waals surface area contributed by atoms with E-state index >= 15 is 0 Å². The summed E-state index contributed by atoms with van der Waals surface area (Å²) in [5, 5.41) is 1.70. The van der Waals surface area contributed by atoms with Gasteiger partial charge in [0.15, 0.2) is 0 Å². The van der Waals surface area contributed by atoms with E-state index in [1.54, 1.807) is 0 Å². The normalized spacial score (nSPS) is 18.0. The molecule has 1 aliphatic heterocycles. The number of alkyl halides is 3. The molecule has 4 nitrogen and oxygen atoms in total. The number of hydrogen-bond acceptors (Lipinski definition) is 4. The van der Waals surface area contributed by atoms with Crippen LogP contribution in [-0.4, -0.2) is 32.8 Å². The summed E-state index contributed by atoms with van der Waals surface area (Å²) in [6.45, 7) is 1.96. The molecule has 0 aliphatic carbocycles. The van der Waals surface area contributed by atoms with E-state index in [0.29, 0.717) is 10.7 Å². The average molecular weight is 411 g/mol. The van der Waals surface area contributed by atoms with Crippen molar-refractivity contribution in [2.24, 2.45) is 0 Å². The van der Waals surface area contributed by atoms with Crippen LogP contribution < -0.4 is 5.32 Å². The smallest absolute Gasteiger partial charge is 0.326 e. The van der Waals surface area contributed by atoms with Crippen molar-refractivity contribution in [1.82, 2.24) is 4.90 Å². The van der Waals surface area contributed by atoms with Crippen molar-refractivity contribution in [2.75, 3.05) is 11.9 Å². The summed E-state index contributed by atoms with van der Waals surface area (Å²) >= 11 is 11.9. The fourth-order valence-electron chi connectivity index (χ4n) is 2.22. The van der Waals surface area contributed by atoms with Crippen LogP contribution in [0, 0.1) is 0 Å². The zero-order valence-electron chi connectivity index (χ0n) is 13.0. The molecule has 0 spiro atoms. The average Bonchev–Trinajstić information content (AvgIpc) is 2.80. The number of rotatable bonds is 5. The standard InChI is InChI=1S/C15H14ClF3N2O2S2/c1-2-11-13(23)21(14(24)25-11)6-5-12(22)20-8-3-4-10(16)9(7-8)15(17,18)19/h3-4,7,11H,2,5-6H2,1H3,(H,20,22). The van der Waals surface area contributed by atoms with Gasteiger partial charge in [0.2, 0.25) is 11.8 Å². The highest BCUT2D eigenvalue weighted by Crippen LogP contribution is 2.36. The third-order valence-electron chi connectivity index (χ3n) is 3.49. The summed E-state index contributed by atoms with van der Waals surface area (Å²) < 4.78 is 38.9. The Morgan fingerprint density at radius 3 is 2.68 bits per heavy atom. The second kappa shape index (κ2) is 7.92. The lowest BCUT2D eigenvalue weighted by Crippen LogP contribution is -2.34. The van der Waals surface area contributed by atoms with Gasteiger partial charge in [-0.25, -0.2) is 0 Å². The number of amides is 2. The molecule has 1 heterocycles. The fraction of sp³-hybridized carbons (Fsp3) is 0.400. The molecule has 1 N–H and O–H groups in total. The first-order valence-electron chi connectivity index (χ1n) is 7.32. The Labute approximate surface area is 157 Å². The molecule has 1 atom stereocenters. The number of thioether (sulfide) groups is 1. The van der Waals surface area contributed by atoms with Crippen LogP contribution in [0.2, 0.25) is 5.02 Å². The second-order valence-corrected chi connectivity index (χ2v) is 7.50. The highest BCUT2D eigenvalue weighted by Gasteiger charge is 2.36. The minimum absolute atomic E-state index is 0.0159. The number of nitrogens with one attached hydrogen (secondary N) is 1. The molecule has 1 saturated heterocycles. The third-order valence-corrected chi connectivity index (χ3v) is 5.57. The van der Waals surface area contributed by atoms with Gasteiger partial charge in [-0.2, -0.15) is 13.2 Å². The van der Waals surface area contributed by atoms with Crippen LogP contribution >= 0.6 is 35.6 Å². The van der Waals surface area contributed by atoms with Gasteiger partial charge in [-0.3, -0.25) is 14.5 Å². The minimum atomic E-state index is -4.61.